The van der Waals surface area contributed by atoms with Crippen LogP contribution in [-0.4, -0.2) is 4.98 Å². The van der Waals surface area contributed by atoms with Crippen LogP contribution in [0.25, 0.3) is 0 Å². The molecule has 3 heteroatoms. The summed E-state index contributed by atoms with van der Waals surface area (Å²) in [5.74, 6) is 0.491. The Balaban J connectivity index is 1.99. The lowest BCUT2D eigenvalue weighted by Gasteiger charge is -2.23. The van der Waals surface area contributed by atoms with Gasteiger partial charge in [0.2, 0.25) is 0 Å². The van der Waals surface area contributed by atoms with Gasteiger partial charge < -0.3 is 5.73 Å². The van der Waals surface area contributed by atoms with Gasteiger partial charge in [-0.2, -0.15) is 0 Å². The van der Waals surface area contributed by atoms with Gasteiger partial charge in [-0.3, -0.25) is 4.98 Å². The highest BCUT2D eigenvalue weighted by atomic mass is 32.1. The Morgan fingerprint density at radius 2 is 2.29 bits per heavy atom. The number of fused-ring (bicyclic) bond motifs is 1. The molecular formula is C14H16N2S. The van der Waals surface area contributed by atoms with Gasteiger partial charge in [-0.15, -0.1) is 11.3 Å². The van der Waals surface area contributed by atoms with Crippen molar-refractivity contribution in [2.45, 2.75) is 31.7 Å². The van der Waals surface area contributed by atoms with Crippen LogP contribution < -0.4 is 5.73 Å². The summed E-state index contributed by atoms with van der Waals surface area (Å²) in [4.78, 5) is 7.28. The van der Waals surface area contributed by atoms with Crippen molar-refractivity contribution in [1.29, 1.82) is 0 Å². The summed E-state index contributed by atoms with van der Waals surface area (Å²) in [6, 6.07) is 8.63. The van der Waals surface area contributed by atoms with E-state index < -0.39 is 0 Å². The van der Waals surface area contributed by atoms with Crippen LogP contribution in [-0.2, 0) is 13.0 Å². The summed E-state index contributed by atoms with van der Waals surface area (Å²) < 4.78 is 0. The van der Waals surface area contributed by atoms with Crippen LogP contribution in [0.3, 0.4) is 0 Å². The van der Waals surface area contributed by atoms with Crippen LogP contribution in [0.1, 0.15) is 39.8 Å². The van der Waals surface area contributed by atoms with Crippen molar-refractivity contribution in [1.82, 2.24) is 4.98 Å². The summed E-state index contributed by atoms with van der Waals surface area (Å²) in [5.41, 5.74) is 8.39. The zero-order valence-corrected chi connectivity index (χ0v) is 10.5. The number of nitrogens with two attached hydrogens (primary N) is 1. The first-order valence-corrected chi connectivity index (χ1v) is 6.92. The van der Waals surface area contributed by atoms with E-state index in [9.17, 15) is 0 Å². The summed E-state index contributed by atoms with van der Waals surface area (Å²) >= 11 is 1.84. The molecule has 0 amide bonds. The quantitative estimate of drug-likeness (QED) is 0.881. The maximum Gasteiger partial charge on any atom is 0.0518 e. The summed E-state index contributed by atoms with van der Waals surface area (Å²) in [5, 5.41) is 0. The molecule has 2 nitrogen and oxygen atoms in total. The third kappa shape index (κ3) is 2.01. The Hall–Kier alpha value is -1.19. The smallest absolute Gasteiger partial charge is 0.0518 e. The molecule has 0 spiro atoms. The summed E-state index contributed by atoms with van der Waals surface area (Å²) in [6.45, 7) is 0.645. The Labute approximate surface area is 106 Å². The molecule has 1 atom stereocenters. The van der Waals surface area contributed by atoms with Gasteiger partial charge in [0, 0.05) is 28.4 Å². The predicted octanol–water partition coefficient (Wildman–Crippen LogP) is 3.07. The van der Waals surface area contributed by atoms with E-state index >= 15 is 0 Å². The van der Waals surface area contributed by atoms with Crippen molar-refractivity contribution in [2.75, 3.05) is 0 Å². The Kier molecular flexibility index (Phi) is 2.95. The number of nitrogens with zero attached hydrogens (tertiary/aromatic N) is 1. The van der Waals surface area contributed by atoms with Gasteiger partial charge in [-0.1, -0.05) is 6.07 Å². The predicted molar refractivity (Wildman–Crippen MR) is 71.2 cm³/mol. The molecule has 2 heterocycles. The van der Waals surface area contributed by atoms with Crippen LogP contribution in [0.4, 0.5) is 0 Å². The maximum absolute atomic E-state index is 5.68. The lowest BCUT2D eigenvalue weighted by atomic mass is 9.86. The average molecular weight is 244 g/mol. The molecule has 0 aromatic carbocycles. The number of hydrogen-bond donors (Lipinski definition) is 1. The van der Waals surface area contributed by atoms with Crippen LogP contribution in [0.15, 0.2) is 30.5 Å². The van der Waals surface area contributed by atoms with E-state index in [0.29, 0.717) is 12.5 Å². The van der Waals surface area contributed by atoms with E-state index in [1.54, 1.807) is 0 Å². The standard InChI is InChI=1S/C14H16N2S/c15-9-11-6-7-13(17-11)12-5-1-3-10-4-2-8-16-14(10)12/h2,4,6-8,12H,1,3,5,9,15H2. The minimum absolute atomic E-state index is 0.491. The minimum atomic E-state index is 0.491. The van der Waals surface area contributed by atoms with Crippen LogP contribution >= 0.6 is 11.3 Å². The highest BCUT2D eigenvalue weighted by Crippen LogP contribution is 2.38. The number of rotatable bonds is 2. The first-order valence-electron chi connectivity index (χ1n) is 6.11. The maximum atomic E-state index is 5.68. The van der Waals surface area contributed by atoms with Crippen LogP contribution in [0.5, 0.6) is 0 Å². The highest BCUT2D eigenvalue weighted by molar-refractivity contribution is 7.12. The molecule has 0 bridgehead atoms. The monoisotopic (exact) mass is 244 g/mol. The molecule has 0 saturated heterocycles. The zero-order valence-electron chi connectivity index (χ0n) is 9.73. The fourth-order valence-corrected chi connectivity index (χ4v) is 3.61. The first-order chi connectivity index (χ1) is 8.38. The second kappa shape index (κ2) is 4.59. The van der Waals surface area contributed by atoms with E-state index in [2.05, 4.69) is 23.2 Å². The number of aromatic nitrogens is 1. The largest absolute Gasteiger partial charge is 0.326 e. The van der Waals surface area contributed by atoms with Gasteiger partial charge in [0.05, 0.1) is 5.69 Å². The molecule has 17 heavy (non-hydrogen) atoms. The number of aryl methyl sites for hydroxylation is 1. The van der Waals surface area contributed by atoms with Gasteiger partial charge in [-0.05, 0) is 43.0 Å². The van der Waals surface area contributed by atoms with Crippen molar-refractivity contribution in [3.63, 3.8) is 0 Å². The Morgan fingerprint density at radius 3 is 3.12 bits per heavy atom. The van der Waals surface area contributed by atoms with Crippen molar-refractivity contribution in [3.05, 3.63) is 51.5 Å². The van der Waals surface area contributed by atoms with E-state index in [1.807, 2.05) is 23.6 Å². The topological polar surface area (TPSA) is 38.9 Å². The fourth-order valence-electron chi connectivity index (χ4n) is 2.58. The second-order valence-corrected chi connectivity index (χ2v) is 5.70. The normalized spacial score (nSPS) is 19.0. The molecule has 2 N–H and O–H groups in total. The summed E-state index contributed by atoms with van der Waals surface area (Å²) in [7, 11) is 0. The van der Waals surface area contributed by atoms with E-state index in [4.69, 9.17) is 5.73 Å². The molecule has 3 rings (SSSR count). The lowest BCUT2D eigenvalue weighted by molar-refractivity contribution is 0.605. The molecule has 1 unspecified atom stereocenters. The van der Waals surface area contributed by atoms with Crippen molar-refractivity contribution < 1.29 is 0 Å². The lowest BCUT2D eigenvalue weighted by Crippen LogP contribution is -2.11. The van der Waals surface area contributed by atoms with Crippen molar-refractivity contribution in [3.8, 4) is 0 Å². The summed E-state index contributed by atoms with van der Waals surface area (Å²) in [6.07, 6.45) is 5.57. The fraction of sp³-hybridized carbons (Fsp3) is 0.357. The van der Waals surface area contributed by atoms with Gasteiger partial charge >= 0.3 is 0 Å². The van der Waals surface area contributed by atoms with E-state index in [0.717, 1.165) is 0 Å². The molecule has 1 aliphatic carbocycles. The van der Waals surface area contributed by atoms with Crippen molar-refractivity contribution >= 4 is 11.3 Å². The molecule has 0 saturated carbocycles. The number of hydrogen-bond acceptors (Lipinski definition) is 3. The molecule has 2 aromatic rings. The first kappa shape index (κ1) is 10.9. The zero-order chi connectivity index (χ0) is 11.7. The van der Waals surface area contributed by atoms with E-state index in [1.165, 1.54) is 40.3 Å². The molecule has 0 aliphatic heterocycles. The third-order valence-electron chi connectivity index (χ3n) is 3.42. The average Bonchev–Trinajstić information content (AvgIpc) is 2.87. The van der Waals surface area contributed by atoms with E-state index in [-0.39, 0.29) is 0 Å². The number of pyridine rings is 1. The van der Waals surface area contributed by atoms with Gasteiger partial charge in [0.15, 0.2) is 0 Å². The molecule has 0 radical (unpaired) electrons. The van der Waals surface area contributed by atoms with Crippen molar-refractivity contribution in [2.24, 2.45) is 5.73 Å². The van der Waals surface area contributed by atoms with Crippen LogP contribution in [0, 0.1) is 0 Å². The third-order valence-corrected chi connectivity index (χ3v) is 4.64. The Morgan fingerprint density at radius 1 is 1.35 bits per heavy atom. The SMILES string of the molecule is NCc1ccc(C2CCCc3cccnc32)s1. The molecule has 0 fully saturated rings. The van der Waals surface area contributed by atoms with Gasteiger partial charge in [0.25, 0.3) is 0 Å². The number of thiophene rings is 1. The Bertz CT molecular complexity index is 518. The molecule has 88 valence electrons. The second-order valence-electron chi connectivity index (χ2n) is 4.50. The van der Waals surface area contributed by atoms with Gasteiger partial charge in [0.1, 0.15) is 0 Å². The minimum Gasteiger partial charge on any atom is -0.326 e. The molecular weight excluding hydrogens is 228 g/mol. The molecule has 2 aromatic heterocycles. The van der Waals surface area contributed by atoms with Crippen LogP contribution in [0.2, 0.25) is 0 Å². The molecule has 1 aliphatic rings. The van der Waals surface area contributed by atoms with Gasteiger partial charge in [-0.25, -0.2) is 0 Å². The highest BCUT2D eigenvalue weighted by Gasteiger charge is 2.23.